The maximum Gasteiger partial charge on any atom is 0.235 e. The molecule has 6 nitrogen and oxygen atoms in total. The first-order valence-electron chi connectivity index (χ1n) is 7.66. The maximum absolute atomic E-state index is 11.9. The first-order chi connectivity index (χ1) is 10.8. The number of hydrogen-bond acceptors (Lipinski definition) is 4. The van der Waals surface area contributed by atoms with Crippen molar-refractivity contribution in [1.82, 2.24) is 9.62 Å². The average Bonchev–Trinajstić information content (AvgIpc) is 2.46. The number of benzene rings is 1. The minimum atomic E-state index is -3.46. The highest BCUT2D eigenvalue weighted by Gasteiger charge is 2.20. The standard InChI is InChI=1S/C16H26N2O4S/c1-14(2)22-11-7-10-17-16(19)13-18(23(3,20)21)12-15-8-5-4-6-9-15/h4-6,8-9,14H,7,10-13H2,1-3H3,(H,17,19). The second kappa shape index (κ2) is 9.64. The van der Waals surface area contributed by atoms with Gasteiger partial charge in [-0.2, -0.15) is 4.31 Å². The topological polar surface area (TPSA) is 75.7 Å². The lowest BCUT2D eigenvalue weighted by Gasteiger charge is -2.19. The average molecular weight is 342 g/mol. The van der Waals surface area contributed by atoms with Crippen LogP contribution in [-0.4, -0.2) is 50.7 Å². The molecule has 0 fully saturated rings. The lowest BCUT2D eigenvalue weighted by atomic mass is 10.2. The predicted octanol–water partition coefficient (Wildman–Crippen LogP) is 1.38. The van der Waals surface area contributed by atoms with E-state index in [1.54, 1.807) is 0 Å². The molecule has 0 aliphatic heterocycles. The van der Waals surface area contributed by atoms with Crippen LogP contribution in [0.15, 0.2) is 30.3 Å². The summed E-state index contributed by atoms with van der Waals surface area (Å²) >= 11 is 0. The molecule has 0 aliphatic rings. The molecule has 1 rings (SSSR count). The number of amides is 1. The molecule has 0 atom stereocenters. The summed E-state index contributed by atoms with van der Waals surface area (Å²) in [5.41, 5.74) is 0.844. The monoisotopic (exact) mass is 342 g/mol. The Labute approximate surface area is 138 Å². The van der Waals surface area contributed by atoms with Gasteiger partial charge in [-0.1, -0.05) is 30.3 Å². The summed E-state index contributed by atoms with van der Waals surface area (Å²) in [7, 11) is -3.46. The van der Waals surface area contributed by atoms with Gasteiger partial charge in [-0.05, 0) is 25.8 Å². The first-order valence-corrected chi connectivity index (χ1v) is 9.51. The van der Waals surface area contributed by atoms with Gasteiger partial charge >= 0.3 is 0 Å². The highest BCUT2D eigenvalue weighted by molar-refractivity contribution is 7.88. The molecular formula is C16H26N2O4S. The number of carbonyl (C=O) groups is 1. The third-order valence-electron chi connectivity index (χ3n) is 3.09. The lowest BCUT2D eigenvalue weighted by molar-refractivity contribution is -0.121. The summed E-state index contributed by atoms with van der Waals surface area (Å²) in [6, 6.07) is 9.20. The predicted molar refractivity (Wildman–Crippen MR) is 90.4 cm³/mol. The SMILES string of the molecule is CC(C)OCCCNC(=O)CN(Cc1ccccc1)S(C)(=O)=O. The number of sulfonamides is 1. The molecule has 0 aromatic heterocycles. The van der Waals surface area contributed by atoms with Gasteiger partial charge in [-0.3, -0.25) is 4.79 Å². The van der Waals surface area contributed by atoms with Crippen molar-refractivity contribution in [3.8, 4) is 0 Å². The van der Waals surface area contributed by atoms with E-state index in [0.717, 1.165) is 11.8 Å². The summed E-state index contributed by atoms with van der Waals surface area (Å²) in [6.07, 6.45) is 1.97. The molecule has 0 radical (unpaired) electrons. The number of rotatable bonds is 10. The molecule has 0 saturated heterocycles. The molecule has 0 saturated carbocycles. The molecule has 0 spiro atoms. The van der Waals surface area contributed by atoms with Gasteiger partial charge in [0.25, 0.3) is 0 Å². The van der Waals surface area contributed by atoms with Crippen molar-refractivity contribution in [3.63, 3.8) is 0 Å². The molecule has 1 amide bonds. The largest absolute Gasteiger partial charge is 0.379 e. The van der Waals surface area contributed by atoms with E-state index in [-0.39, 0.29) is 25.1 Å². The Hall–Kier alpha value is -1.44. The fraction of sp³-hybridized carbons (Fsp3) is 0.562. The highest BCUT2D eigenvalue weighted by atomic mass is 32.2. The normalized spacial score (nSPS) is 11.9. The van der Waals surface area contributed by atoms with Crippen LogP contribution in [0.25, 0.3) is 0 Å². The molecular weight excluding hydrogens is 316 g/mol. The van der Waals surface area contributed by atoms with Gasteiger partial charge in [0, 0.05) is 19.7 Å². The molecule has 1 N–H and O–H groups in total. The zero-order valence-electron chi connectivity index (χ0n) is 14.0. The van der Waals surface area contributed by atoms with Crippen LogP contribution >= 0.6 is 0 Å². The Morgan fingerprint density at radius 1 is 1.26 bits per heavy atom. The minimum Gasteiger partial charge on any atom is -0.379 e. The Kier molecular flexibility index (Phi) is 8.22. The Balaban J connectivity index is 2.46. The van der Waals surface area contributed by atoms with Crippen LogP contribution in [0.2, 0.25) is 0 Å². The van der Waals surface area contributed by atoms with Crippen molar-refractivity contribution in [2.24, 2.45) is 0 Å². The van der Waals surface area contributed by atoms with Crippen molar-refractivity contribution in [3.05, 3.63) is 35.9 Å². The number of carbonyl (C=O) groups excluding carboxylic acids is 1. The van der Waals surface area contributed by atoms with Gasteiger partial charge in [0.2, 0.25) is 15.9 Å². The van der Waals surface area contributed by atoms with Crippen molar-refractivity contribution in [2.45, 2.75) is 32.9 Å². The van der Waals surface area contributed by atoms with Crippen molar-refractivity contribution in [1.29, 1.82) is 0 Å². The van der Waals surface area contributed by atoms with E-state index in [1.165, 1.54) is 4.31 Å². The van der Waals surface area contributed by atoms with E-state index in [1.807, 2.05) is 44.2 Å². The Morgan fingerprint density at radius 3 is 2.48 bits per heavy atom. The molecule has 0 unspecified atom stereocenters. The van der Waals surface area contributed by atoms with Crippen LogP contribution in [0.5, 0.6) is 0 Å². The quantitative estimate of drug-likeness (QED) is 0.652. The van der Waals surface area contributed by atoms with E-state index in [9.17, 15) is 13.2 Å². The van der Waals surface area contributed by atoms with E-state index >= 15 is 0 Å². The second-order valence-electron chi connectivity index (χ2n) is 5.64. The van der Waals surface area contributed by atoms with E-state index < -0.39 is 10.0 Å². The van der Waals surface area contributed by atoms with Crippen LogP contribution in [0, 0.1) is 0 Å². The maximum atomic E-state index is 11.9. The van der Waals surface area contributed by atoms with E-state index in [2.05, 4.69) is 5.32 Å². The van der Waals surface area contributed by atoms with E-state index in [4.69, 9.17) is 4.74 Å². The summed E-state index contributed by atoms with van der Waals surface area (Å²) in [5, 5.41) is 2.72. The highest BCUT2D eigenvalue weighted by Crippen LogP contribution is 2.07. The summed E-state index contributed by atoms with van der Waals surface area (Å²) in [5.74, 6) is -0.309. The third-order valence-corrected chi connectivity index (χ3v) is 4.28. The zero-order valence-corrected chi connectivity index (χ0v) is 14.8. The molecule has 7 heteroatoms. The van der Waals surface area contributed by atoms with Crippen molar-refractivity contribution in [2.75, 3.05) is 26.0 Å². The molecule has 1 aromatic carbocycles. The molecule has 0 aliphatic carbocycles. The fourth-order valence-electron chi connectivity index (χ4n) is 1.91. The van der Waals surface area contributed by atoms with Gasteiger partial charge in [0.05, 0.1) is 18.9 Å². The van der Waals surface area contributed by atoms with Crippen molar-refractivity contribution < 1.29 is 17.9 Å². The van der Waals surface area contributed by atoms with Crippen molar-refractivity contribution >= 4 is 15.9 Å². The lowest BCUT2D eigenvalue weighted by Crippen LogP contribution is -2.40. The Bertz CT molecular complexity index is 573. The van der Waals surface area contributed by atoms with Gasteiger partial charge in [0.1, 0.15) is 0 Å². The van der Waals surface area contributed by atoms with Crippen LogP contribution in [0.4, 0.5) is 0 Å². The smallest absolute Gasteiger partial charge is 0.235 e. The Morgan fingerprint density at radius 2 is 1.91 bits per heavy atom. The van der Waals surface area contributed by atoms with Gasteiger partial charge < -0.3 is 10.1 Å². The first kappa shape index (κ1) is 19.6. The number of nitrogens with one attached hydrogen (secondary N) is 1. The molecule has 1 aromatic rings. The molecule has 130 valence electrons. The number of hydrogen-bond donors (Lipinski definition) is 1. The summed E-state index contributed by atoms with van der Waals surface area (Å²) in [6.45, 7) is 4.94. The van der Waals surface area contributed by atoms with Crippen LogP contribution < -0.4 is 5.32 Å². The van der Waals surface area contributed by atoms with Gasteiger partial charge in [-0.25, -0.2) is 8.42 Å². The van der Waals surface area contributed by atoms with Crippen LogP contribution in [0.1, 0.15) is 25.8 Å². The van der Waals surface area contributed by atoms with Crippen LogP contribution in [-0.2, 0) is 26.1 Å². The fourth-order valence-corrected chi connectivity index (χ4v) is 2.65. The summed E-state index contributed by atoms with van der Waals surface area (Å²) < 4.78 is 30.2. The number of ether oxygens (including phenoxy) is 1. The summed E-state index contributed by atoms with van der Waals surface area (Å²) in [4.78, 5) is 11.9. The minimum absolute atomic E-state index is 0.164. The van der Waals surface area contributed by atoms with Gasteiger partial charge in [-0.15, -0.1) is 0 Å². The van der Waals surface area contributed by atoms with Crippen LogP contribution in [0.3, 0.4) is 0 Å². The van der Waals surface area contributed by atoms with Gasteiger partial charge in [0.15, 0.2) is 0 Å². The molecule has 0 heterocycles. The molecule has 23 heavy (non-hydrogen) atoms. The molecule has 0 bridgehead atoms. The number of nitrogens with zero attached hydrogens (tertiary/aromatic N) is 1. The zero-order chi connectivity index (χ0) is 17.3. The second-order valence-corrected chi connectivity index (χ2v) is 7.62. The third kappa shape index (κ3) is 8.68. The van der Waals surface area contributed by atoms with E-state index in [0.29, 0.717) is 19.6 Å².